The van der Waals surface area contributed by atoms with Crippen molar-refractivity contribution >= 4 is 11.9 Å². The summed E-state index contributed by atoms with van der Waals surface area (Å²) < 4.78 is 2.00. The molecule has 3 heteroatoms. The molecule has 78 valence electrons. The van der Waals surface area contributed by atoms with Gasteiger partial charge in [0.2, 0.25) is 0 Å². The fraction of sp³-hybridized carbons (Fsp3) is 0.545. The second kappa shape index (κ2) is 4.84. The molecule has 1 aromatic heterocycles. The van der Waals surface area contributed by atoms with Gasteiger partial charge < -0.3 is 10.3 Å². The van der Waals surface area contributed by atoms with Crippen LogP contribution in [0.5, 0.6) is 0 Å². The molecule has 1 unspecified atom stereocenters. The van der Waals surface area contributed by atoms with E-state index in [2.05, 4.69) is 25.4 Å². The number of nitrogens with two attached hydrogens (primary N) is 1. The topological polar surface area (TPSA) is 43.8 Å². The van der Waals surface area contributed by atoms with Crippen LogP contribution >= 0.6 is 0 Å². The minimum absolute atomic E-state index is 0.647. The Morgan fingerprint density at radius 1 is 1.71 bits per heavy atom. The molecule has 3 nitrogen and oxygen atoms in total. The summed E-state index contributed by atoms with van der Waals surface area (Å²) >= 11 is 0. The summed E-state index contributed by atoms with van der Waals surface area (Å²) in [5, 5.41) is 0. The van der Waals surface area contributed by atoms with Crippen molar-refractivity contribution in [3.05, 3.63) is 18.6 Å². The number of rotatable bonds is 5. The predicted octanol–water partition coefficient (Wildman–Crippen LogP) is 2.54. The van der Waals surface area contributed by atoms with Gasteiger partial charge in [-0.15, -0.1) is 0 Å². The minimum Gasteiger partial charge on any atom is -0.383 e. The zero-order valence-corrected chi connectivity index (χ0v) is 9.03. The van der Waals surface area contributed by atoms with Crippen LogP contribution in [0.2, 0.25) is 0 Å². The van der Waals surface area contributed by atoms with E-state index in [1.165, 1.54) is 12.8 Å². The van der Waals surface area contributed by atoms with Gasteiger partial charge in [0.1, 0.15) is 11.5 Å². The van der Waals surface area contributed by atoms with Crippen molar-refractivity contribution < 1.29 is 0 Å². The van der Waals surface area contributed by atoms with E-state index >= 15 is 0 Å². The smallest absolute Gasteiger partial charge is 0.130 e. The molecule has 0 saturated carbocycles. The van der Waals surface area contributed by atoms with Gasteiger partial charge in [-0.1, -0.05) is 26.8 Å². The second-order valence-electron chi connectivity index (χ2n) is 3.77. The first kappa shape index (κ1) is 10.8. The van der Waals surface area contributed by atoms with Crippen molar-refractivity contribution in [3.63, 3.8) is 0 Å². The number of nitrogen functional groups attached to an aromatic ring is 1. The Balaban J connectivity index is 2.67. The number of hydrogen-bond acceptors (Lipinski definition) is 2. The molecule has 1 rings (SSSR count). The van der Waals surface area contributed by atoms with Gasteiger partial charge in [-0.05, 0) is 18.4 Å². The van der Waals surface area contributed by atoms with Crippen LogP contribution in [0.1, 0.15) is 32.4 Å². The maximum absolute atomic E-state index is 5.89. The Hall–Kier alpha value is -1.25. The number of nitrogens with zero attached hydrogens (tertiary/aromatic N) is 2. The molecular formula is C11H19N3. The third-order valence-electron chi connectivity index (χ3n) is 2.39. The number of imidazole rings is 1. The molecule has 0 amide bonds. The van der Waals surface area contributed by atoms with Gasteiger partial charge in [-0.25, -0.2) is 4.98 Å². The van der Waals surface area contributed by atoms with Gasteiger partial charge in [-0.2, -0.15) is 0 Å². The Morgan fingerprint density at radius 2 is 2.43 bits per heavy atom. The Labute approximate surface area is 85.6 Å². The Morgan fingerprint density at radius 3 is 2.93 bits per heavy atom. The van der Waals surface area contributed by atoms with Crippen molar-refractivity contribution in [2.24, 2.45) is 5.92 Å². The van der Waals surface area contributed by atoms with Crippen LogP contribution < -0.4 is 5.73 Å². The molecule has 1 aromatic rings. The highest BCUT2D eigenvalue weighted by molar-refractivity contribution is 5.55. The Bertz CT molecular complexity index is 301. The predicted molar refractivity (Wildman–Crippen MR) is 60.8 cm³/mol. The molecule has 2 N–H and O–H groups in total. The third-order valence-corrected chi connectivity index (χ3v) is 2.39. The standard InChI is InChI=1S/C11H19N3/c1-4-6-9(3)7-14-8-13-10(5-2)11(14)12/h5,8-9H,2,4,6-7,12H2,1,3H3. The highest BCUT2D eigenvalue weighted by Gasteiger charge is 2.07. The largest absolute Gasteiger partial charge is 0.383 e. The SMILES string of the molecule is C=Cc1ncn(CC(C)CCC)c1N. The van der Waals surface area contributed by atoms with E-state index in [-0.39, 0.29) is 0 Å². The quantitative estimate of drug-likeness (QED) is 0.781. The lowest BCUT2D eigenvalue weighted by molar-refractivity contribution is 0.448. The highest BCUT2D eigenvalue weighted by Crippen LogP contribution is 2.15. The van der Waals surface area contributed by atoms with Crippen molar-refractivity contribution in [1.82, 2.24) is 9.55 Å². The molecule has 14 heavy (non-hydrogen) atoms. The fourth-order valence-electron chi connectivity index (χ4n) is 1.63. The highest BCUT2D eigenvalue weighted by atomic mass is 15.1. The van der Waals surface area contributed by atoms with Gasteiger partial charge in [-0.3, -0.25) is 0 Å². The second-order valence-corrected chi connectivity index (χ2v) is 3.77. The van der Waals surface area contributed by atoms with Crippen molar-refractivity contribution in [3.8, 4) is 0 Å². The van der Waals surface area contributed by atoms with Gasteiger partial charge in [0, 0.05) is 6.54 Å². The number of anilines is 1. The average molecular weight is 193 g/mol. The summed E-state index contributed by atoms with van der Waals surface area (Å²) in [6.45, 7) is 9.04. The molecule has 1 heterocycles. The van der Waals surface area contributed by atoms with Gasteiger partial charge in [0.15, 0.2) is 0 Å². The molecule has 0 fully saturated rings. The maximum Gasteiger partial charge on any atom is 0.130 e. The van der Waals surface area contributed by atoms with Gasteiger partial charge in [0.25, 0.3) is 0 Å². The normalized spacial score (nSPS) is 12.7. The van der Waals surface area contributed by atoms with Crippen molar-refractivity contribution in [1.29, 1.82) is 0 Å². The van der Waals surface area contributed by atoms with Crippen LogP contribution in [0.3, 0.4) is 0 Å². The van der Waals surface area contributed by atoms with Crippen LogP contribution in [0.15, 0.2) is 12.9 Å². The van der Waals surface area contributed by atoms with E-state index in [0.717, 1.165) is 18.1 Å². The molecule has 0 aromatic carbocycles. The summed E-state index contributed by atoms with van der Waals surface area (Å²) in [4.78, 5) is 4.17. The van der Waals surface area contributed by atoms with Crippen molar-refractivity contribution in [2.75, 3.05) is 5.73 Å². The molecule has 0 aliphatic heterocycles. The van der Waals surface area contributed by atoms with Crippen LogP contribution in [0, 0.1) is 5.92 Å². The monoisotopic (exact) mass is 193 g/mol. The van der Waals surface area contributed by atoms with Crippen LogP contribution in [-0.2, 0) is 6.54 Å². The van der Waals surface area contributed by atoms with E-state index in [1.807, 2.05) is 4.57 Å². The molecule has 0 radical (unpaired) electrons. The van der Waals surface area contributed by atoms with E-state index < -0.39 is 0 Å². The molecular weight excluding hydrogens is 174 g/mol. The van der Waals surface area contributed by atoms with Crippen LogP contribution in [0.4, 0.5) is 5.82 Å². The summed E-state index contributed by atoms with van der Waals surface area (Å²) in [5.41, 5.74) is 6.67. The van der Waals surface area contributed by atoms with Crippen LogP contribution in [0.25, 0.3) is 6.08 Å². The average Bonchev–Trinajstić information content (AvgIpc) is 2.48. The number of hydrogen-bond donors (Lipinski definition) is 1. The van der Waals surface area contributed by atoms with E-state index in [1.54, 1.807) is 12.4 Å². The lowest BCUT2D eigenvalue weighted by Crippen LogP contribution is -2.09. The molecule has 0 spiro atoms. The lowest BCUT2D eigenvalue weighted by atomic mass is 10.1. The molecule has 0 aliphatic rings. The van der Waals surface area contributed by atoms with E-state index in [9.17, 15) is 0 Å². The third kappa shape index (κ3) is 2.37. The molecule has 0 bridgehead atoms. The first-order valence-corrected chi connectivity index (χ1v) is 5.12. The summed E-state index contributed by atoms with van der Waals surface area (Å²) in [6.07, 6.45) is 5.92. The zero-order valence-electron chi connectivity index (χ0n) is 9.03. The first-order chi connectivity index (χ1) is 6.69. The summed E-state index contributed by atoms with van der Waals surface area (Å²) in [5.74, 6) is 1.37. The van der Waals surface area contributed by atoms with E-state index in [0.29, 0.717) is 5.92 Å². The van der Waals surface area contributed by atoms with E-state index in [4.69, 9.17) is 5.73 Å². The maximum atomic E-state index is 5.89. The number of aromatic nitrogens is 2. The van der Waals surface area contributed by atoms with Crippen molar-refractivity contribution in [2.45, 2.75) is 33.2 Å². The fourth-order valence-corrected chi connectivity index (χ4v) is 1.63. The molecule has 0 aliphatic carbocycles. The van der Waals surface area contributed by atoms with Crippen LogP contribution in [-0.4, -0.2) is 9.55 Å². The first-order valence-electron chi connectivity index (χ1n) is 5.12. The summed E-state index contributed by atoms with van der Waals surface area (Å²) in [6, 6.07) is 0. The van der Waals surface area contributed by atoms with Gasteiger partial charge >= 0.3 is 0 Å². The van der Waals surface area contributed by atoms with Gasteiger partial charge in [0.05, 0.1) is 6.33 Å². The minimum atomic E-state index is 0.647. The lowest BCUT2D eigenvalue weighted by Gasteiger charge is -2.11. The summed E-state index contributed by atoms with van der Waals surface area (Å²) in [7, 11) is 0. The Kier molecular flexibility index (Phi) is 3.74. The molecule has 0 saturated heterocycles. The molecule has 1 atom stereocenters. The zero-order chi connectivity index (χ0) is 10.6.